The fourth-order valence-corrected chi connectivity index (χ4v) is 2.14. The van der Waals surface area contributed by atoms with Crippen molar-refractivity contribution in [2.24, 2.45) is 0 Å². The molecule has 1 aliphatic rings. The Balaban J connectivity index is 1.81. The summed E-state index contributed by atoms with van der Waals surface area (Å²) in [5, 5.41) is 9.63. The Labute approximate surface area is 96.6 Å². The summed E-state index contributed by atoms with van der Waals surface area (Å²) < 4.78 is 5.81. The Bertz CT molecular complexity index is 305. The Morgan fingerprint density at radius 3 is 2.75 bits per heavy atom. The molecule has 2 atom stereocenters. The van der Waals surface area contributed by atoms with Crippen molar-refractivity contribution >= 4 is 0 Å². The molecule has 16 heavy (non-hydrogen) atoms. The lowest BCUT2D eigenvalue weighted by atomic mass is 10.1. The van der Waals surface area contributed by atoms with E-state index in [-0.39, 0.29) is 12.2 Å². The van der Waals surface area contributed by atoms with Crippen LogP contribution in [0.2, 0.25) is 0 Å². The van der Waals surface area contributed by atoms with Crippen molar-refractivity contribution in [3.8, 4) is 0 Å². The fourth-order valence-electron chi connectivity index (χ4n) is 2.14. The molecule has 1 aliphatic heterocycles. The maximum Gasteiger partial charge on any atom is 0.0731 e. The standard InChI is InChI=1S/C13H19NO2/c1-14-8-12(15)7-13(9-14)16-10-11-5-3-2-4-6-11/h2-6,12-13,15H,7-10H2,1H3. The van der Waals surface area contributed by atoms with Crippen LogP contribution in [-0.4, -0.2) is 42.4 Å². The summed E-state index contributed by atoms with van der Waals surface area (Å²) >= 11 is 0. The predicted octanol–water partition coefficient (Wildman–Crippen LogP) is 1.27. The molecular weight excluding hydrogens is 202 g/mol. The third kappa shape index (κ3) is 3.30. The van der Waals surface area contributed by atoms with E-state index in [0.717, 1.165) is 19.5 Å². The molecule has 0 aliphatic carbocycles. The quantitative estimate of drug-likeness (QED) is 0.834. The molecule has 2 rings (SSSR count). The van der Waals surface area contributed by atoms with Gasteiger partial charge < -0.3 is 14.7 Å². The lowest BCUT2D eigenvalue weighted by Gasteiger charge is -2.33. The molecule has 1 saturated heterocycles. The largest absolute Gasteiger partial charge is 0.392 e. The maximum atomic E-state index is 9.63. The average molecular weight is 221 g/mol. The van der Waals surface area contributed by atoms with Crippen LogP contribution in [-0.2, 0) is 11.3 Å². The predicted molar refractivity (Wildman–Crippen MR) is 63.1 cm³/mol. The molecule has 1 N–H and O–H groups in total. The number of aliphatic hydroxyl groups excluding tert-OH is 1. The zero-order valence-corrected chi connectivity index (χ0v) is 9.67. The second-order valence-corrected chi connectivity index (χ2v) is 4.53. The number of ether oxygens (including phenoxy) is 1. The second-order valence-electron chi connectivity index (χ2n) is 4.53. The van der Waals surface area contributed by atoms with Crippen molar-refractivity contribution in [1.82, 2.24) is 4.90 Å². The van der Waals surface area contributed by atoms with Gasteiger partial charge in [-0.1, -0.05) is 30.3 Å². The number of piperidine rings is 1. The molecule has 0 amide bonds. The number of aliphatic hydroxyl groups is 1. The summed E-state index contributed by atoms with van der Waals surface area (Å²) in [6, 6.07) is 10.1. The van der Waals surface area contributed by atoms with Crippen LogP contribution in [0.5, 0.6) is 0 Å². The molecule has 0 spiro atoms. The first kappa shape index (κ1) is 11.6. The molecule has 1 heterocycles. The molecule has 0 radical (unpaired) electrons. The van der Waals surface area contributed by atoms with Gasteiger partial charge in [-0.25, -0.2) is 0 Å². The molecule has 3 nitrogen and oxygen atoms in total. The first-order valence-corrected chi connectivity index (χ1v) is 5.76. The van der Waals surface area contributed by atoms with Gasteiger partial charge in [-0.3, -0.25) is 0 Å². The van der Waals surface area contributed by atoms with E-state index in [2.05, 4.69) is 17.0 Å². The van der Waals surface area contributed by atoms with Crippen LogP contribution in [0, 0.1) is 0 Å². The van der Waals surface area contributed by atoms with Crippen LogP contribution < -0.4 is 0 Å². The SMILES string of the molecule is CN1CC(O)CC(OCc2ccccc2)C1. The molecule has 2 unspecified atom stereocenters. The van der Waals surface area contributed by atoms with E-state index in [1.165, 1.54) is 5.56 Å². The lowest BCUT2D eigenvalue weighted by molar-refractivity contribution is -0.0477. The van der Waals surface area contributed by atoms with Crippen LogP contribution in [0.1, 0.15) is 12.0 Å². The van der Waals surface area contributed by atoms with Gasteiger partial charge >= 0.3 is 0 Å². The Hall–Kier alpha value is -0.900. The highest BCUT2D eigenvalue weighted by Crippen LogP contribution is 2.14. The number of likely N-dealkylation sites (tertiary alicyclic amines) is 1. The van der Waals surface area contributed by atoms with Crippen molar-refractivity contribution in [3.05, 3.63) is 35.9 Å². The van der Waals surface area contributed by atoms with Gasteiger partial charge in [-0.2, -0.15) is 0 Å². The maximum absolute atomic E-state index is 9.63. The van der Waals surface area contributed by atoms with E-state index in [1.807, 2.05) is 25.2 Å². The van der Waals surface area contributed by atoms with Crippen LogP contribution in [0.25, 0.3) is 0 Å². The molecule has 0 saturated carbocycles. The van der Waals surface area contributed by atoms with Gasteiger partial charge in [0.15, 0.2) is 0 Å². The first-order chi connectivity index (χ1) is 7.74. The summed E-state index contributed by atoms with van der Waals surface area (Å²) in [6.07, 6.45) is 0.644. The monoisotopic (exact) mass is 221 g/mol. The van der Waals surface area contributed by atoms with E-state index in [1.54, 1.807) is 0 Å². The minimum Gasteiger partial charge on any atom is -0.392 e. The molecule has 88 valence electrons. The van der Waals surface area contributed by atoms with Crippen molar-refractivity contribution in [2.45, 2.75) is 25.2 Å². The molecule has 1 fully saturated rings. The highest BCUT2D eigenvalue weighted by molar-refractivity contribution is 5.13. The van der Waals surface area contributed by atoms with Crippen molar-refractivity contribution in [2.75, 3.05) is 20.1 Å². The summed E-state index contributed by atoms with van der Waals surface area (Å²) in [6.45, 7) is 2.29. The van der Waals surface area contributed by atoms with Crippen LogP contribution >= 0.6 is 0 Å². The highest BCUT2D eigenvalue weighted by Gasteiger charge is 2.23. The van der Waals surface area contributed by atoms with Gasteiger partial charge in [-0.05, 0) is 12.6 Å². The number of benzene rings is 1. The molecule has 1 aromatic rings. The van der Waals surface area contributed by atoms with E-state index in [4.69, 9.17) is 4.74 Å². The second kappa shape index (κ2) is 5.43. The Kier molecular flexibility index (Phi) is 3.93. The highest BCUT2D eigenvalue weighted by atomic mass is 16.5. The van der Waals surface area contributed by atoms with Gasteiger partial charge in [0.25, 0.3) is 0 Å². The molecule has 0 bridgehead atoms. The minimum absolute atomic E-state index is 0.147. The number of hydrogen-bond donors (Lipinski definition) is 1. The van der Waals surface area contributed by atoms with Gasteiger partial charge in [0, 0.05) is 19.5 Å². The zero-order valence-electron chi connectivity index (χ0n) is 9.67. The van der Waals surface area contributed by atoms with Crippen LogP contribution in [0.15, 0.2) is 30.3 Å². The van der Waals surface area contributed by atoms with Gasteiger partial charge in [0.05, 0.1) is 18.8 Å². The Morgan fingerprint density at radius 2 is 2.06 bits per heavy atom. The van der Waals surface area contributed by atoms with Gasteiger partial charge in [-0.15, -0.1) is 0 Å². The molecular formula is C13H19NO2. The van der Waals surface area contributed by atoms with E-state index in [0.29, 0.717) is 6.61 Å². The normalized spacial score (nSPS) is 26.9. The van der Waals surface area contributed by atoms with Crippen molar-refractivity contribution < 1.29 is 9.84 Å². The van der Waals surface area contributed by atoms with E-state index < -0.39 is 0 Å². The topological polar surface area (TPSA) is 32.7 Å². The van der Waals surface area contributed by atoms with Crippen LogP contribution in [0.3, 0.4) is 0 Å². The van der Waals surface area contributed by atoms with Gasteiger partial charge in [0.1, 0.15) is 0 Å². The number of β-amino-alcohol motifs (C(OH)–C–C–N with tert-alkyl or cyclic N) is 1. The summed E-state index contributed by atoms with van der Waals surface area (Å²) in [5.74, 6) is 0. The Morgan fingerprint density at radius 1 is 1.31 bits per heavy atom. The first-order valence-electron chi connectivity index (χ1n) is 5.76. The summed E-state index contributed by atoms with van der Waals surface area (Å²) in [7, 11) is 2.02. The molecule has 0 aromatic heterocycles. The number of likely N-dealkylation sites (N-methyl/N-ethyl adjacent to an activating group) is 1. The fraction of sp³-hybridized carbons (Fsp3) is 0.538. The smallest absolute Gasteiger partial charge is 0.0731 e. The third-order valence-corrected chi connectivity index (χ3v) is 2.90. The van der Waals surface area contributed by atoms with Crippen molar-refractivity contribution in [1.29, 1.82) is 0 Å². The van der Waals surface area contributed by atoms with E-state index in [9.17, 15) is 5.11 Å². The molecule has 3 heteroatoms. The van der Waals surface area contributed by atoms with E-state index >= 15 is 0 Å². The van der Waals surface area contributed by atoms with Crippen LogP contribution in [0.4, 0.5) is 0 Å². The number of nitrogens with zero attached hydrogens (tertiary/aromatic N) is 1. The van der Waals surface area contributed by atoms with Crippen molar-refractivity contribution in [3.63, 3.8) is 0 Å². The number of rotatable bonds is 3. The lowest BCUT2D eigenvalue weighted by Crippen LogP contribution is -2.44. The molecule has 1 aromatic carbocycles. The minimum atomic E-state index is -0.250. The number of hydrogen-bond acceptors (Lipinski definition) is 3. The third-order valence-electron chi connectivity index (χ3n) is 2.90. The zero-order chi connectivity index (χ0) is 11.4. The average Bonchev–Trinajstić information content (AvgIpc) is 2.27. The van der Waals surface area contributed by atoms with Gasteiger partial charge in [0.2, 0.25) is 0 Å². The summed E-state index contributed by atoms with van der Waals surface area (Å²) in [5.41, 5.74) is 1.19. The summed E-state index contributed by atoms with van der Waals surface area (Å²) in [4.78, 5) is 2.11.